The second-order valence-electron chi connectivity index (χ2n) is 4.60. The first-order valence-electron chi connectivity index (χ1n) is 6.56. The number of ether oxygens (including phenoxy) is 1. The first-order valence-corrected chi connectivity index (χ1v) is 6.56. The molecule has 5 heteroatoms. The van der Waals surface area contributed by atoms with Crippen LogP contribution in [0, 0.1) is 5.92 Å². The minimum Gasteiger partial charge on any atom is -0.380 e. The molecular weight excluding hydrogens is 216 g/mol. The third-order valence-electron chi connectivity index (χ3n) is 2.97. The second kappa shape index (κ2) is 6.71. The van der Waals surface area contributed by atoms with Gasteiger partial charge in [-0.3, -0.25) is 0 Å². The molecule has 0 spiro atoms. The molecule has 1 aromatic rings. The van der Waals surface area contributed by atoms with Crippen molar-refractivity contribution in [3.8, 4) is 0 Å². The van der Waals surface area contributed by atoms with Crippen molar-refractivity contribution < 1.29 is 4.74 Å². The predicted molar refractivity (Wildman–Crippen MR) is 65.6 cm³/mol. The molecule has 0 aliphatic heterocycles. The molecular formula is C12H22N4O. The molecule has 0 saturated heterocycles. The molecule has 0 unspecified atom stereocenters. The zero-order chi connectivity index (χ0) is 11.9. The van der Waals surface area contributed by atoms with Crippen LogP contribution in [-0.4, -0.2) is 34.8 Å². The van der Waals surface area contributed by atoms with Crippen molar-refractivity contribution in [1.29, 1.82) is 0 Å². The van der Waals surface area contributed by atoms with Gasteiger partial charge in [-0.15, -0.1) is 5.10 Å². The van der Waals surface area contributed by atoms with E-state index in [4.69, 9.17) is 4.74 Å². The van der Waals surface area contributed by atoms with E-state index in [1.165, 1.54) is 19.3 Å². The Kier molecular flexibility index (Phi) is 4.94. The van der Waals surface area contributed by atoms with E-state index in [2.05, 4.69) is 22.6 Å². The average Bonchev–Trinajstić information content (AvgIpc) is 3.05. The van der Waals surface area contributed by atoms with Gasteiger partial charge >= 0.3 is 0 Å². The lowest BCUT2D eigenvalue weighted by molar-refractivity contribution is 0.118. The summed E-state index contributed by atoms with van der Waals surface area (Å²) >= 11 is 0. The van der Waals surface area contributed by atoms with E-state index in [0.29, 0.717) is 0 Å². The van der Waals surface area contributed by atoms with Gasteiger partial charge in [-0.1, -0.05) is 25.0 Å². The summed E-state index contributed by atoms with van der Waals surface area (Å²) in [6, 6.07) is 0. The Bertz CT molecular complexity index is 322. The summed E-state index contributed by atoms with van der Waals surface area (Å²) in [5.41, 5.74) is 0.991. The number of hydrogen-bond donors (Lipinski definition) is 1. The van der Waals surface area contributed by atoms with Crippen LogP contribution in [0.4, 0.5) is 0 Å². The van der Waals surface area contributed by atoms with Crippen molar-refractivity contribution in [2.45, 2.75) is 39.3 Å². The first kappa shape index (κ1) is 12.5. The summed E-state index contributed by atoms with van der Waals surface area (Å²) in [5, 5.41) is 11.4. The predicted octanol–water partition coefficient (Wildman–Crippen LogP) is 1.20. The van der Waals surface area contributed by atoms with Crippen LogP contribution >= 0.6 is 0 Å². The minimum atomic E-state index is 0.733. The zero-order valence-electron chi connectivity index (χ0n) is 10.6. The Hall–Kier alpha value is -0.940. The highest BCUT2D eigenvalue weighted by molar-refractivity contribution is 4.91. The number of hydrogen-bond acceptors (Lipinski definition) is 4. The van der Waals surface area contributed by atoms with E-state index in [1.54, 1.807) is 0 Å². The van der Waals surface area contributed by atoms with Crippen molar-refractivity contribution in [2.75, 3.05) is 19.8 Å². The second-order valence-corrected chi connectivity index (χ2v) is 4.60. The molecule has 1 N–H and O–H groups in total. The Morgan fingerprint density at radius 1 is 1.47 bits per heavy atom. The third kappa shape index (κ3) is 4.83. The topological polar surface area (TPSA) is 52.0 Å². The van der Waals surface area contributed by atoms with Gasteiger partial charge < -0.3 is 10.1 Å². The average molecular weight is 238 g/mol. The standard InChI is InChI=1S/C12H22N4O/c1-2-13-9-12-10-16(15-14-12)6-8-17-7-5-11-3-4-11/h10-11,13H,2-9H2,1H3. The largest absolute Gasteiger partial charge is 0.380 e. The van der Waals surface area contributed by atoms with Gasteiger partial charge in [0, 0.05) is 19.3 Å². The van der Waals surface area contributed by atoms with E-state index in [1.807, 2.05) is 10.9 Å². The van der Waals surface area contributed by atoms with Gasteiger partial charge in [-0.25, -0.2) is 4.68 Å². The van der Waals surface area contributed by atoms with E-state index >= 15 is 0 Å². The number of rotatable bonds is 9. The third-order valence-corrected chi connectivity index (χ3v) is 2.97. The van der Waals surface area contributed by atoms with Gasteiger partial charge in [0.2, 0.25) is 0 Å². The van der Waals surface area contributed by atoms with E-state index in [-0.39, 0.29) is 0 Å². The molecule has 1 heterocycles. The van der Waals surface area contributed by atoms with Gasteiger partial charge in [0.1, 0.15) is 0 Å². The lowest BCUT2D eigenvalue weighted by Crippen LogP contribution is -2.12. The van der Waals surface area contributed by atoms with Crippen molar-refractivity contribution in [2.24, 2.45) is 5.92 Å². The Balaban J connectivity index is 1.55. The van der Waals surface area contributed by atoms with Crippen LogP contribution in [0.2, 0.25) is 0 Å². The zero-order valence-corrected chi connectivity index (χ0v) is 10.6. The monoisotopic (exact) mass is 238 g/mol. The smallest absolute Gasteiger partial charge is 0.0964 e. The quantitative estimate of drug-likeness (QED) is 0.657. The van der Waals surface area contributed by atoms with Crippen molar-refractivity contribution in [1.82, 2.24) is 20.3 Å². The number of aromatic nitrogens is 3. The molecule has 0 radical (unpaired) electrons. The molecule has 1 aromatic heterocycles. The molecule has 0 atom stereocenters. The summed E-state index contributed by atoms with van der Waals surface area (Å²) in [7, 11) is 0. The number of nitrogens with zero attached hydrogens (tertiary/aromatic N) is 3. The van der Waals surface area contributed by atoms with Crippen LogP contribution in [0.15, 0.2) is 6.20 Å². The van der Waals surface area contributed by atoms with Gasteiger partial charge in [0.05, 0.1) is 18.8 Å². The number of nitrogens with one attached hydrogen (secondary N) is 1. The van der Waals surface area contributed by atoms with Crippen molar-refractivity contribution in [3.63, 3.8) is 0 Å². The van der Waals surface area contributed by atoms with Gasteiger partial charge in [0.25, 0.3) is 0 Å². The van der Waals surface area contributed by atoms with Gasteiger partial charge in [-0.05, 0) is 18.9 Å². The molecule has 0 aromatic carbocycles. The lowest BCUT2D eigenvalue weighted by atomic mass is 10.3. The fourth-order valence-corrected chi connectivity index (χ4v) is 1.70. The molecule has 1 aliphatic carbocycles. The van der Waals surface area contributed by atoms with Crippen LogP contribution in [0.25, 0.3) is 0 Å². The van der Waals surface area contributed by atoms with Crippen LogP contribution < -0.4 is 5.32 Å². The molecule has 96 valence electrons. The highest BCUT2D eigenvalue weighted by atomic mass is 16.5. The fourth-order valence-electron chi connectivity index (χ4n) is 1.70. The summed E-state index contributed by atoms with van der Waals surface area (Å²) in [4.78, 5) is 0. The van der Waals surface area contributed by atoms with E-state index < -0.39 is 0 Å². The highest BCUT2D eigenvalue weighted by Gasteiger charge is 2.20. The Morgan fingerprint density at radius 3 is 3.12 bits per heavy atom. The molecule has 5 nitrogen and oxygen atoms in total. The molecule has 1 fully saturated rings. The maximum Gasteiger partial charge on any atom is 0.0964 e. The normalized spacial score (nSPS) is 15.4. The Morgan fingerprint density at radius 2 is 2.35 bits per heavy atom. The Labute approximate surface area is 103 Å². The van der Waals surface area contributed by atoms with Gasteiger partial charge in [-0.2, -0.15) is 0 Å². The van der Waals surface area contributed by atoms with Crippen molar-refractivity contribution in [3.05, 3.63) is 11.9 Å². The summed E-state index contributed by atoms with van der Waals surface area (Å²) in [6.45, 7) is 6.25. The summed E-state index contributed by atoms with van der Waals surface area (Å²) in [5.74, 6) is 0.952. The lowest BCUT2D eigenvalue weighted by Gasteiger charge is -2.02. The maximum atomic E-state index is 5.57. The van der Waals surface area contributed by atoms with Crippen LogP contribution in [0.5, 0.6) is 0 Å². The molecule has 17 heavy (non-hydrogen) atoms. The van der Waals surface area contributed by atoms with Crippen LogP contribution in [-0.2, 0) is 17.8 Å². The summed E-state index contributed by atoms with van der Waals surface area (Å²) in [6.07, 6.45) is 6.01. The van der Waals surface area contributed by atoms with Crippen LogP contribution in [0.3, 0.4) is 0 Å². The molecule has 1 aliphatic rings. The minimum absolute atomic E-state index is 0.733. The highest BCUT2D eigenvalue weighted by Crippen LogP contribution is 2.31. The van der Waals surface area contributed by atoms with Crippen LogP contribution in [0.1, 0.15) is 31.9 Å². The molecule has 0 bridgehead atoms. The first-order chi connectivity index (χ1) is 8.38. The SMILES string of the molecule is CCNCc1cn(CCOCCC2CC2)nn1. The molecule has 1 saturated carbocycles. The summed E-state index contributed by atoms with van der Waals surface area (Å²) < 4.78 is 7.43. The fraction of sp³-hybridized carbons (Fsp3) is 0.833. The van der Waals surface area contributed by atoms with Gasteiger partial charge in [0.15, 0.2) is 0 Å². The maximum absolute atomic E-state index is 5.57. The van der Waals surface area contributed by atoms with Crippen molar-refractivity contribution >= 4 is 0 Å². The molecule has 0 amide bonds. The van der Waals surface area contributed by atoms with E-state index in [0.717, 1.165) is 44.5 Å². The molecule has 2 rings (SSSR count). The van der Waals surface area contributed by atoms with E-state index in [9.17, 15) is 0 Å².